The van der Waals surface area contributed by atoms with E-state index < -0.39 is 0 Å². The molecule has 4 aromatic rings. The summed E-state index contributed by atoms with van der Waals surface area (Å²) in [5.74, 6) is 1.35. The Morgan fingerprint density at radius 2 is 1.50 bits per heavy atom. The van der Waals surface area contributed by atoms with Crippen LogP contribution in [0.4, 0.5) is 27.4 Å². The minimum atomic E-state index is -0.270. The molecule has 2 aromatic carbocycles. The van der Waals surface area contributed by atoms with Gasteiger partial charge in [0.15, 0.2) is 11.5 Å². The maximum absolute atomic E-state index is 13.3. The van der Waals surface area contributed by atoms with Crippen molar-refractivity contribution in [3.63, 3.8) is 0 Å². The molecule has 0 unspecified atom stereocenters. The molecule has 0 aliphatic carbocycles. The minimum absolute atomic E-state index is 0.270. The fraction of sp³-hybridized carbons (Fsp3) is 0.192. The Morgan fingerprint density at radius 3 is 2.18 bits per heavy atom. The third kappa shape index (κ3) is 4.22. The molecule has 0 radical (unpaired) electrons. The molecule has 3 heterocycles. The van der Waals surface area contributed by atoms with Gasteiger partial charge < -0.3 is 9.80 Å². The van der Waals surface area contributed by atoms with Gasteiger partial charge in [-0.2, -0.15) is 5.10 Å². The summed E-state index contributed by atoms with van der Waals surface area (Å²) < 4.78 is 13.3. The first-order valence-electron chi connectivity index (χ1n) is 10.9. The topological polar surface area (TPSA) is 53.9 Å². The Bertz CT molecular complexity index is 1410. The maximum atomic E-state index is 13.3. The van der Waals surface area contributed by atoms with E-state index in [2.05, 4.69) is 34.7 Å². The van der Waals surface area contributed by atoms with E-state index >= 15 is 0 Å². The van der Waals surface area contributed by atoms with Gasteiger partial charge in [-0.15, -0.1) is 5.10 Å². The molecule has 7 nitrogen and oxygen atoms in total. The van der Waals surface area contributed by atoms with E-state index in [4.69, 9.17) is 13.1 Å². The highest BCUT2D eigenvalue weighted by Crippen LogP contribution is 2.31. The number of hydrogen-bond donors (Lipinski definition) is 0. The number of aromatic nitrogens is 3. The van der Waals surface area contributed by atoms with E-state index in [1.165, 1.54) is 12.1 Å². The average molecular weight is 449 g/mol. The van der Waals surface area contributed by atoms with Gasteiger partial charge in [-0.05, 0) is 29.8 Å². The van der Waals surface area contributed by atoms with Crippen molar-refractivity contribution in [1.82, 2.24) is 15.2 Å². The lowest BCUT2D eigenvalue weighted by molar-refractivity contribution is 0.627. The average Bonchev–Trinajstić information content (AvgIpc) is 2.90. The van der Waals surface area contributed by atoms with Crippen molar-refractivity contribution in [2.24, 2.45) is 0 Å². The number of nitrogens with zero attached hydrogens (tertiary/aromatic N) is 7. The third-order valence-electron chi connectivity index (χ3n) is 6.00. The molecule has 34 heavy (non-hydrogen) atoms. The summed E-state index contributed by atoms with van der Waals surface area (Å²) in [5, 5.41) is 10.9. The minimum Gasteiger partial charge on any atom is -0.353 e. The molecule has 0 amide bonds. The molecule has 1 aliphatic rings. The monoisotopic (exact) mass is 449 g/mol. The Morgan fingerprint density at radius 1 is 0.794 bits per heavy atom. The van der Waals surface area contributed by atoms with Crippen LogP contribution in [-0.4, -0.2) is 41.4 Å². The first-order valence-corrected chi connectivity index (χ1v) is 10.9. The second kappa shape index (κ2) is 9.13. The Kier molecular flexibility index (Phi) is 5.72. The van der Waals surface area contributed by atoms with Crippen LogP contribution in [0.1, 0.15) is 11.3 Å². The predicted octanol–water partition coefficient (Wildman–Crippen LogP) is 5.18. The fourth-order valence-corrected chi connectivity index (χ4v) is 4.19. The van der Waals surface area contributed by atoms with E-state index in [0.29, 0.717) is 17.8 Å². The number of pyridine rings is 1. The van der Waals surface area contributed by atoms with E-state index in [9.17, 15) is 4.39 Å². The molecule has 1 fully saturated rings. The van der Waals surface area contributed by atoms with E-state index in [1.807, 2.05) is 18.2 Å². The smallest absolute Gasteiger partial charge is 0.205 e. The number of piperazine rings is 1. The molecular formula is C26H20FN7. The highest BCUT2D eigenvalue weighted by molar-refractivity contribution is 5.96. The molecular weight excluding hydrogens is 429 g/mol. The van der Waals surface area contributed by atoms with Gasteiger partial charge in [-0.3, -0.25) is 4.98 Å². The summed E-state index contributed by atoms with van der Waals surface area (Å²) in [6.45, 7) is 17.5. The van der Waals surface area contributed by atoms with Gasteiger partial charge in [0.25, 0.3) is 0 Å². The van der Waals surface area contributed by atoms with Crippen molar-refractivity contribution in [1.29, 1.82) is 0 Å². The summed E-state index contributed by atoms with van der Waals surface area (Å²) in [7, 11) is 0. The standard InChI is InChI=1S/C26H20FN7/c1-28-20-7-9-22-23(16-20)26(32-31-24(22)15-18-3-5-19(27)6-4-18)34-13-11-33(12-14-34)25-10-8-21(29-2)17-30-25/h3-10,16-17H,11-15H2. The van der Waals surface area contributed by atoms with E-state index in [0.717, 1.165) is 59.8 Å². The Labute approximate surface area is 196 Å². The zero-order chi connectivity index (χ0) is 23.5. The zero-order valence-electron chi connectivity index (χ0n) is 18.3. The molecule has 0 spiro atoms. The second-order valence-electron chi connectivity index (χ2n) is 8.08. The van der Waals surface area contributed by atoms with Crippen LogP contribution in [0.15, 0.2) is 60.8 Å². The van der Waals surface area contributed by atoms with Gasteiger partial charge in [-0.1, -0.05) is 30.3 Å². The van der Waals surface area contributed by atoms with Gasteiger partial charge in [-0.25, -0.2) is 14.1 Å². The SMILES string of the molecule is [C-]#[N+]c1ccc(N2CCN(c3nnc(Cc4ccc(F)cc4)c4ccc([N+]#[C-])cc34)CC2)nc1. The highest BCUT2D eigenvalue weighted by Gasteiger charge is 2.22. The predicted molar refractivity (Wildman–Crippen MR) is 130 cm³/mol. The van der Waals surface area contributed by atoms with Crippen molar-refractivity contribution >= 4 is 33.8 Å². The summed E-state index contributed by atoms with van der Waals surface area (Å²) in [6.07, 6.45) is 2.13. The van der Waals surface area contributed by atoms with Crippen molar-refractivity contribution in [3.8, 4) is 0 Å². The third-order valence-corrected chi connectivity index (χ3v) is 6.00. The van der Waals surface area contributed by atoms with Crippen molar-refractivity contribution in [3.05, 3.63) is 101 Å². The van der Waals surface area contributed by atoms with Crippen LogP contribution in [0.2, 0.25) is 0 Å². The zero-order valence-corrected chi connectivity index (χ0v) is 18.3. The quantitative estimate of drug-likeness (QED) is 0.402. The lowest BCUT2D eigenvalue weighted by Gasteiger charge is -2.36. The van der Waals surface area contributed by atoms with E-state index in [1.54, 1.807) is 30.5 Å². The van der Waals surface area contributed by atoms with Crippen LogP contribution >= 0.6 is 0 Å². The first kappa shape index (κ1) is 21.3. The number of rotatable bonds is 4. The van der Waals surface area contributed by atoms with Gasteiger partial charge in [0.2, 0.25) is 5.69 Å². The Balaban J connectivity index is 1.42. The number of anilines is 2. The molecule has 0 bridgehead atoms. The molecule has 0 saturated carbocycles. The lowest BCUT2D eigenvalue weighted by atomic mass is 10.0. The number of fused-ring (bicyclic) bond motifs is 1. The normalized spacial score (nSPS) is 13.5. The summed E-state index contributed by atoms with van der Waals surface area (Å²) >= 11 is 0. The van der Waals surface area contributed by atoms with Crippen LogP contribution in [0.25, 0.3) is 20.5 Å². The molecule has 5 rings (SSSR count). The van der Waals surface area contributed by atoms with Crippen molar-refractivity contribution in [2.75, 3.05) is 36.0 Å². The summed E-state index contributed by atoms with van der Waals surface area (Å²) in [4.78, 5) is 15.8. The molecule has 1 saturated heterocycles. The molecule has 2 aromatic heterocycles. The molecule has 0 atom stereocenters. The highest BCUT2D eigenvalue weighted by atomic mass is 19.1. The van der Waals surface area contributed by atoms with Crippen LogP contribution in [-0.2, 0) is 6.42 Å². The van der Waals surface area contributed by atoms with Gasteiger partial charge in [0, 0.05) is 49.6 Å². The first-order chi connectivity index (χ1) is 16.6. The second-order valence-corrected chi connectivity index (χ2v) is 8.08. The van der Waals surface area contributed by atoms with Crippen LogP contribution in [0, 0.1) is 19.0 Å². The van der Waals surface area contributed by atoms with E-state index in [-0.39, 0.29) is 5.82 Å². The fourth-order valence-electron chi connectivity index (χ4n) is 4.19. The van der Waals surface area contributed by atoms with Gasteiger partial charge >= 0.3 is 0 Å². The molecule has 166 valence electrons. The van der Waals surface area contributed by atoms with Crippen molar-refractivity contribution < 1.29 is 4.39 Å². The van der Waals surface area contributed by atoms with Gasteiger partial charge in [0.05, 0.1) is 18.8 Å². The molecule has 1 aliphatic heterocycles. The summed E-state index contributed by atoms with van der Waals surface area (Å²) in [5.41, 5.74) is 2.83. The molecule has 8 heteroatoms. The van der Waals surface area contributed by atoms with Crippen LogP contribution in [0.3, 0.4) is 0 Å². The Hall–Kier alpha value is -4.56. The van der Waals surface area contributed by atoms with Crippen LogP contribution in [0.5, 0.6) is 0 Å². The van der Waals surface area contributed by atoms with Gasteiger partial charge in [0.1, 0.15) is 11.6 Å². The number of benzene rings is 2. The van der Waals surface area contributed by atoms with Crippen LogP contribution < -0.4 is 9.80 Å². The number of hydrogen-bond acceptors (Lipinski definition) is 5. The molecule has 0 N–H and O–H groups in total. The summed E-state index contributed by atoms with van der Waals surface area (Å²) in [6, 6.07) is 15.7. The largest absolute Gasteiger partial charge is 0.353 e. The number of halogens is 1. The lowest BCUT2D eigenvalue weighted by Crippen LogP contribution is -2.47. The van der Waals surface area contributed by atoms with Crippen molar-refractivity contribution in [2.45, 2.75) is 6.42 Å². The maximum Gasteiger partial charge on any atom is 0.205 e.